The summed E-state index contributed by atoms with van der Waals surface area (Å²) in [6.45, 7) is 0.789. The van der Waals surface area contributed by atoms with Crippen LogP contribution in [-0.2, 0) is 11.2 Å². The van der Waals surface area contributed by atoms with E-state index in [1.54, 1.807) is 11.3 Å². The fourth-order valence-corrected chi connectivity index (χ4v) is 4.23. The second-order valence-corrected chi connectivity index (χ2v) is 7.05. The molecule has 0 radical (unpaired) electrons. The van der Waals surface area contributed by atoms with E-state index in [0.29, 0.717) is 0 Å². The monoisotopic (exact) mass is 349 g/mol. The van der Waals surface area contributed by atoms with Crippen LogP contribution in [0.2, 0.25) is 0 Å². The van der Waals surface area contributed by atoms with E-state index in [2.05, 4.69) is 23.6 Å². The molecule has 0 bridgehead atoms. The Labute approximate surface area is 151 Å². The molecule has 0 aliphatic carbocycles. The molecule has 0 unspecified atom stereocenters. The topological polar surface area (TPSA) is 29.5 Å². The number of carbonyl (C=O) groups is 1. The number of rotatable bonds is 4. The second-order valence-electron chi connectivity index (χ2n) is 6.05. The molecule has 1 aliphatic rings. The zero-order valence-corrected chi connectivity index (χ0v) is 14.6. The molecule has 126 valence electrons. The highest BCUT2D eigenvalue weighted by atomic mass is 32.1. The van der Waals surface area contributed by atoms with Gasteiger partial charge in [0.15, 0.2) is 6.61 Å². The van der Waals surface area contributed by atoms with E-state index in [9.17, 15) is 4.79 Å². The summed E-state index contributed by atoms with van der Waals surface area (Å²) in [4.78, 5) is 16.2. The Morgan fingerprint density at radius 2 is 1.76 bits per heavy atom. The van der Waals surface area contributed by atoms with Gasteiger partial charge in [-0.15, -0.1) is 11.3 Å². The molecule has 0 N–H and O–H groups in total. The molecule has 3 nitrogen and oxygen atoms in total. The quantitative estimate of drug-likeness (QED) is 0.703. The number of carbonyl (C=O) groups excluding carboxylic acids is 1. The molecule has 0 saturated carbocycles. The molecule has 1 aliphatic heterocycles. The fraction of sp³-hybridized carbons (Fsp3) is 0.190. The van der Waals surface area contributed by atoms with Gasteiger partial charge in [-0.2, -0.15) is 0 Å². The van der Waals surface area contributed by atoms with E-state index in [-0.39, 0.29) is 18.6 Å². The predicted molar refractivity (Wildman–Crippen MR) is 100.0 cm³/mol. The summed E-state index contributed by atoms with van der Waals surface area (Å²) in [6, 6.07) is 21.9. The van der Waals surface area contributed by atoms with Crippen molar-refractivity contribution < 1.29 is 9.53 Å². The van der Waals surface area contributed by atoms with Gasteiger partial charge < -0.3 is 9.64 Å². The van der Waals surface area contributed by atoms with Crippen molar-refractivity contribution in [2.75, 3.05) is 13.2 Å². The van der Waals surface area contributed by atoms with Gasteiger partial charge in [-0.05, 0) is 41.1 Å². The van der Waals surface area contributed by atoms with Crippen molar-refractivity contribution in [2.45, 2.75) is 12.5 Å². The number of thiophene rings is 1. The number of amides is 1. The molecule has 3 aromatic rings. The molecule has 2 heterocycles. The number of nitrogens with zero attached hydrogens (tertiary/aromatic N) is 1. The van der Waals surface area contributed by atoms with Gasteiger partial charge in [-0.25, -0.2) is 0 Å². The molecular weight excluding hydrogens is 330 g/mol. The van der Waals surface area contributed by atoms with Crippen LogP contribution in [0.25, 0.3) is 0 Å². The van der Waals surface area contributed by atoms with Crippen molar-refractivity contribution in [3.63, 3.8) is 0 Å². The molecule has 4 rings (SSSR count). The minimum atomic E-state index is -0.0249. The molecule has 25 heavy (non-hydrogen) atoms. The van der Waals surface area contributed by atoms with Crippen LogP contribution in [0.3, 0.4) is 0 Å². The summed E-state index contributed by atoms with van der Waals surface area (Å²) in [7, 11) is 0. The fourth-order valence-electron chi connectivity index (χ4n) is 3.32. The Bertz CT molecular complexity index is 845. The van der Waals surface area contributed by atoms with Crippen molar-refractivity contribution in [3.8, 4) is 5.75 Å². The molecule has 2 aromatic carbocycles. The van der Waals surface area contributed by atoms with Crippen LogP contribution < -0.4 is 4.74 Å². The maximum atomic E-state index is 12.9. The lowest BCUT2D eigenvalue weighted by Crippen LogP contribution is -2.42. The Morgan fingerprint density at radius 3 is 2.52 bits per heavy atom. The SMILES string of the molecule is O=C(COc1ccccc1)N1CCc2sccc2[C@H]1c1ccccc1. The largest absolute Gasteiger partial charge is 0.484 e. The van der Waals surface area contributed by atoms with Crippen molar-refractivity contribution >= 4 is 17.2 Å². The first-order chi connectivity index (χ1) is 12.3. The number of hydrogen-bond acceptors (Lipinski definition) is 3. The van der Waals surface area contributed by atoms with Crippen LogP contribution in [0, 0.1) is 0 Å². The lowest BCUT2D eigenvalue weighted by Gasteiger charge is -2.36. The van der Waals surface area contributed by atoms with E-state index < -0.39 is 0 Å². The predicted octanol–water partition coefficient (Wildman–Crippen LogP) is 4.30. The van der Waals surface area contributed by atoms with Gasteiger partial charge in [0, 0.05) is 11.4 Å². The summed E-state index contributed by atoms with van der Waals surface area (Å²) in [5.74, 6) is 0.745. The first-order valence-electron chi connectivity index (χ1n) is 8.41. The van der Waals surface area contributed by atoms with Gasteiger partial charge in [0.25, 0.3) is 5.91 Å². The van der Waals surface area contributed by atoms with E-state index in [0.717, 1.165) is 24.3 Å². The number of hydrogen-bond donors (Lipinski definition) is 0. The van der Waals surface area contributed by atoms with Crippen LogP contribution >= 0.6 is 11.3 Å². The lowest BCUT2D eigenvalue weighted by atomic mass is 9.93. The highest BCUT2D eigenvalue weighted by Gasteiger charge is 2.32. The van der Waals surface area contributed by atoms with Gasteiger partial charge in [0.2, 0.25) is 0 Å². The third-order valence-electron chi connectivity index (χ3n) is 4.51. The van der Waals surface area contributed by atoms with Gasteiger partial charge in [-0.1, -0.05) is 48.5 Å². The highest BCUT2D eigenvalue weighted by Crippen LogP contribution is 2.37. The van der Waals surface area contributed by atoms with E-state index in [4.69, 9.17) is 4.74 Å². The van der Waals surface area contributed by atoms with Gasteiger partial charge in [0.1, 0.15) is 5.75 Å². The van der Waals surface area contributed by atoms with Crippen molar-refractivity contribution in [1.82, 2.24) is 4.90 Å². The van der Waals surface area contributed by atoms with E-state index in [1.165, 1.54) is 10.4 Å². The third kappa shape index (κ3) is 3.30. The number of benzene rings is 2. The smallest absolute Gasteiger partial charge is 0.261 e. The van der Waals surface area contributed by atoms with Crippen LogP contribution in [0.15, 0.2) is 72.1 Å². The van der Waals surface area contributed by atoms with Gasteiger partial charge >= 0.3 is 0 Å². The maximum absolute atomic E-state index is 12.9. The van der Waals surface area contributed by atoms with Crippen LogP contribution in [0.4, 0.5) is 0 Å². The summed E-state index contributed by atoms with van der Waals surface area (Å²) < 4.78 is 5.69. The summed E-state index contributed by atoms with van der Waals surface area (Å²) in [6.07, 6.45) is 0.910. The van der Waals surface area contributed by atoms with E-state index >= 15 is 0 Å². The Kier molecular flexibility index (Phi) is 4.53. The zero-order valence-electron chi connectivity index (χ0n) is 13.8. The minimum absolute atomic E-state index is 0.0227. The second kappa shape index (κ2) is 7.11. The Balaban J connectivity index is 1.58. The first kappa shape index (κ1) is 15.9. The average molecular weight is 349 g/mol. The Morgan fingerprint density at radius 1 is 1.04 bits per heavy atom. The van der Waals surface area contributed by atoms with Crippen molar-refractivity contribution in [1.29, 1.82) is 0 Å². The molecule has 4 heteroatoms. The molecule has 1 atom stereocenters. The zero-order chi connectivity index (χ0) is 17.1. The standard InChI is InChI=1S/C21H19NO2S/c23-20(15-24-17-9-5-2-6-10-17)22-13-11-19-18(12-14-25-19)21(22)16-7-3-1-4-8-16/h1-10,12,14,21H,11,13,15H2/t21-/m1/s1. The van der Waals surface area contributed by atoms with Crippen molar-refractivity contribution in [3.05, 3.63) is 88.1 Å². The van der Waals surface area contributed by atoms with E-state index in [1.807, 2.05) is 53.4 Å². The van der Waals surface area contributed by atoms with Gasteiger partial charge in [0.05, 0.1) is 6.04 Å². The number of fused-ring (bicyclic) bond motifs is 1. The molecule has 0 fully saturated rings. The molecule has 1 amide bonds. The van der Waals surface area contributed by atoms with Crippen molar-refractivity contribution in [2.24, 2.45) is 0 Å². The van der Waals surface area contributed by atoms with Crippen LogP contribution in [0.1, 0.15) is 22.0 Å². The number of para-hydroxylation sites is 1. The summed E-state index contributed by atoms with van der Waals surface area (Å²) in [5.41, 5.74) is 2.39. The molecule has 1 aromatic heterocycles. The Hall–Kier alpha value is -2.59. The summed E-state index contributed by atoms with van der Waals surface area (Å²) in [5, 5.41) is 2.12. The van der Waals surface area contributed by atoms with Crippen LogP contribution in [-0.4, -0.2) is 24.0 Å². The maximum Gasteiger partial charge on any atom is 0.261 e. The average Bonchev–Trinajstić information content (AvgIpc) is 3.15. The molecule has 0 saturated heterocycles. The van der Waals surface area contributed by atoms with Crippen LogP contribution in [0.5, 0.6) is 5.75 Å². The highest BCUT2D eigenvalue weighted by molar-refractivity contribution is 7.10. The summed E-state index contributed by atoms with van der Waals surface area (Å²) >= 11 is 1.78. The number of ether oxygens (including phenoxy) is 1. The molecule has 0 spiro atoms. The minimum Gasteiger partial charge on any atom is -0.484 e. The third-order valence-corrected chi connectivity index (χ3v) is 5.50. The van der Waals surface area contributed by atoms with Gasteiger partial charge in [-0.3, -0.25) is 4.79 Å². The first-order valence-corrected chi connectivity index (χ1v) is 9.29. The lowest BCUT2D eigenvalue weighted by molar-refractivity contribution is -0.135. The molecular formula is C21H19NO2S. The normalized spacial score (nSPS) is 16.3.